The van der Waals surface area contributed by atoms with E-state index < -0.39 is 5.97 Å². The maximum absolute atomic E-state index is 11.9. The number of nitrogens with one attached hydrogen (secondary N) is 1. The van der Waals surface area contributed by atoms with E-state index in [1.165, 1.54) is 11.3 Å². The van der Waals surface area contributed by atoms with Gasteiger partial charge >= 0.3 is 5.97 Å². The van der Waals surface area contributed by atoms with Crippen LogP contribution in [0.4, 0.5) is 0 Å². The Morgan fingerprint density at radius 3 is 2.61 bits per heavy atom. The first-order chi connectivity index (χ1) is 11.1. The van der Waals surface area contributed by atoms with Crippen LogP contribution >= 0.6 is 11.3 Å². The van der Waals surface area contributed by atoms with Gasteiger partial charge in [-0.2, -0.15) is 0 Å². The molecule has 122 valence electrons. The molecule has 0 spiro atoms. The summed E-state index contributed by atoms with van der Waals surface area (Å²) in [5.41, 5.74) is 1.97. The Morgan fingerprint density at radius 1 is 1.22 bits per heavy atom. The Labute approximate surface area is 139 Å². The van der Waals surface area contributed by atoms with Crippen LogP contribution in [0.5, 0.6) is 0 Å². The zero-order valence-electron chi connectivity index (χ0n) is 13.0. The molecular weight excluding hydrogens is 312 g/mol. The lowest BCUT2D eigenvalue weighted by molar-refractivity contribution is -0.137. The zero-order valence-corrected chi connectivity index (χ0v) is 13.8. The highest BCUT2D eigenvalue weighted by atomic mass is 32.1. The van der Waals surface area contributed by atoms with Gasteiger partial charge in [-0.1, -0.05) is 30.3 Å². The summed E-state index contributed by atoms with van der Waals surface area (Å²) in [7, 11) is 0. The quantitative estimate of drug-likeness (QED) is 0.723. The first-order valence-corrected chi connectivity index (χ1v) is 8.46. The summed E-state index contributed by atoms with van der Waals surface area (Å²) in [6.45, 7) is 1.91. The molecule has 0 bridgehead atoms. The summed E-state index contributed by atoms with van der Waals surface area (Å²) in [5, 5.41) is 14.3. The van der Waals surface area contributed by atoms with Gasteiger partial charge in [-0.05, 0) is 19.8 Å². The van der Waals surface area contributed by atoms with E-state index in [0.29, 0.717) is 19.3 Å². The van der Waals surface area contributed by atoms with Crippen molar-refractivity contribution >= 4 is 23.2 Å². The molecule has 23 heavy (non-hydrogen) atoms. The predicted molar refractivity (Wildman–Crippen MR) is 90.2 cm³/mol. The summed E-state index contributed by atoms with van der Waals surface area (Å²) < 4.78 is 0. The molecule has 0 aliphatic rings. The zero-order chi connectivity index (χ0) is 16.7. The minimum atomic E-state index is -0.824. The number of amides is 1. The van der Waals surface area contributed by atoms with Gasteiger partial charge in [-0.3, -0.25) is 9.59 Å². The van der Waals surface area contributed by atoms with Gasteiger partial charge in [-0.25, -0.2) is 4.98 Å². The normalized spacial score (nSPS) is 11.9. The summed E-state index contributed by atoms with van der Waals surface area (Å²) >= 11 is 1.52. The number of rotatable bonds is 8. The molecular formula is C17H20N2O3S. The van der Waals surface area contributed by atoms with Crippen LogP contribution in [-0.4, -0.2) is 22.0 Å². The van der Waals surface area contributed by atoms with Crippen LogP contribution in [0.3, 0.4) is 0 Å². The van der Waals surface area contributed by atoms with E-state index in [2.05, 4.69) is 10.3 Å². The van der Waals surface area contributed by atoms with Gasteiger partial charge < -0.3 is 10.4 Å². The maximum Gasteiger partial charge on any atom is 0.303 e. The molecule has 1 aromatic heterocycles. The number of carbonyl (C=O) groups excluding carboxylic acids is 1. The number of aliphatic carboxylic acids is 1. The second kappa shape index (κ2) is 8.43. The van der Waals surface area contributed by atoms with Crippen LogP contribution in [0.1, 0.15) is 43.7 Å². The summed E-state index contributed by atoms with van der Waals surface area (Å²) in [5.74, 6) is -0.894. The molecule has 2 aromatic rings. The molecule has 6 heteroatoms. The molecule has 0 fully saturated rings. The number of unbranched alkanes of at least 4 members (excludes halogenated alkanes) is 1. The Bertz CT molecular complexity index is 655. The number of nitrogens with zero attached hydrogens (tertiary/aromatic N) is 1. The van der Waals surface area contributed by atoms with Gasteiger partial charge in [0.15, 0.2) is 0 Å². The van der Waals surface area contributed by atoms with E-state index in [0.717, 1.165) is 16.3 Å². The smallest absolute Gasteiger partial charge is 0.303 e. The standard InChI is InChI=1S/C17H20N2O3S/c1-12(18-15(20)9-5-6-10-16(21)22)17-19-14(11-23-17)13-7-3-2-4-8-13/h2-4,7-8,11-12H,5-6,9-10H2,1H3,(H,18,20)(H,21,22). The third-order valence-electron chi connectivity index (χ3n) is 3.38. The van der Waals surface area contributed by atoms with E-state index in [9.17, 15) is 9.59 Å². The molecule has 1 unspecified atom stereocenters. The highest BCUT2D eigenvalue weighted by Crippen LogP contribution is 2.25. The Hall–Kier alpha value is -2.21. The fraction of sp³-hybridized carbons (Fsp3) is 0.353. The van der Waals surface area contributed by atoms with E-state index in [4.69, 9.17) is 5.11 Å². The maximum atomic E-state index is 11.9. The topological polar surface area (TPSA) is 79.3 Å². The molecule has 0 saturated heterocycles. The van der Waals surface area contributed by atoms with Crippen LogP contribution < -0.4 is 5.32 Å². The first-order valence-electron chi connectivity index (χ1n) is 7.58. The number of hydrogen-bond donors (Lipinski definition) is 2. The van der Waals surface area contributed by atoms with Crippen LogP contribution in [0.2, 0.25) is 0 Å². The molecule has 0 aliphatic carbocycles. The third kappa shape index (κ3) is 5.49. The molecule has 0 saturated carbocycles. The van der Waals surface area contributed by atoms with Crippen molar-refractivity contribution in [3.8, 4) is 11.3 Å². The fourth-order valence-electron chi connectivity index (χ4n) is 2.17. The average Bonchev–Trinajstić information content (AvgIpc) is 3.02. The van der Waals surface area contributed by atoms with Crippen molar-refractivity contribution in [1.29, 1.82) is 0 Å². The highest BCUT2D eigenvalue weighted by molar-refractivity contribution is 7.10. The molecule has 2 N–H and O–H groups in total. The molecule has 1 aromatic carbocycles. The average molecular weight is 332 g/mol. The third-order valence-corrected chi connectivity index (χ3v) is 4.41. The Kier molecular flexibility index (Phi) is 6.29. The van der Waals surface area contributed by atoms with Gasteiger partial charge in [-0.15, -0.1) is 11.3 Å². The first kappa shape index (κ1) is 17.1. The van der Waals surface area contributed by atoms with Gasteiger partial charge in [0, 0.05) is 23.8 Å². The van der Waals surface area contributed by atoms with Crippen LogP contribution in [0, 0.1) is 0 Å². The fourth-order valence-corrected chi connectivity index (χ4v) is 3.00. The monoisotopic (exact) mass is 332 g/mol. The van der Waals surface area contributed by atoms with Crippen molar-refractivity contribution in [3.63, 3.8) is 0 Å². The summed E-state index contributed by atoms with van der Waals surface area (Å²) in [6.07, 6.45) is 1.55. The number of aromatic nitrogens is 1. The van der Waals surface area contributed by atoms with Crippen molar-refractivity contribution in [2.75, 3.05) is 0 Å². The Morgan fingerprint density at radius 2 is 1.91 bits per heavy atom. The minimum absolute atomic E-state index is 0.0700. The largest absolute Gasteiger partial charge is 0.481 e. The molecule has 0 aliphatic heterocycles. The van der Waals surface area contributed by atoms with Crippen molar-refractivity contribution in [2.24, 2.45) is 0 Å². The van der Waals surface area contributed by atoms with Crippen LogP contribution in [0.15, 0.2) is 35.7 Å². The lowest BCUT2D eigenvalue weighted by atomic mass is 10.2. The lowest BCUT2D eigenvalue weighted by Crippen LogP contribution is -2.26. The molecule has 1 atom stereocenters. The minimum Gasteiger partial charge on any atom is -0.481 e. The number of carboxylic acids is 1. The van der Waals surface area contributed by atoms with Gasteiger partial charge in [0.25, 0.3) is 0 Å². The van der Waals surface area contributed by atoms with Crippen molar-refractivity contribution < 1.29 is 14.7 Å². The number of hydrogen-bond acceptors (Lipinski definition) is 4. The van der Waals surface area contributed by atoms with Crippen molar-refractivity contribution in [1.82, 2.24) is 10.3 Å². The number of carbonyl (C=O) groups is 2. The Balaban J connectivity index is 1.84. The number of carboxylic acid groups (broad SMARTS) is 1. The summed E-state index contributed by atoms with van der Waals surface area (Å²) in [4.78, 5) is 26.9. The molecule has 2 rings (SSSR count). The van der Waals surface area contributed by atoms with Crippen LogP contribution in [-0.2, 0) is 9.59 Å². The van der Waals surface area contributed by atoms with Gasteiger partial charge in [0.1, 0.15) is 5.01 Å². The lowest BCUT2D eigenvalue weighted by Gasteiger charge is -2.11. The molecule has 1 amide bonds. The SMILES string of the molecule is CC(NC(=O)CCCCC(=O)O)c1nc(-c2ccccc2)cs1. The summed E-state index contributed by atoms with van der Waals surface area (Å²) in [6, 6.07) is 9.76. The van der Waals surface area contributed by atoms with E-state index in [1.807, 2.05) is 42.6 Å². The molecule has 1 heterocycles. The highest BCUT2D eigenvalue weighted by Gasteiger charge is 2.14. The van der Waals surface area contributed by atoms with Crippen molar-refractivity contribution in [3.05, 3.63) is 40.7 Å². The number of thiazole rings is 1. The van der Waals surface area contributed by atoms with Crippen molar-refractivity contribution in [2.45, 2.75) is 38.6 Å². The van der Waals surface area contributed by atoms with Crippen LogP contribution in [0.25, 0.3) is 11.3 Å². The second-order valence-corrected chi connectivity index (χ2v) is 6.22. The van der Waals surface area contributed by atoms with E-state index in [-0.39, 0.29) is 18.4 Å². The van der Waals surface area contributed by atoms with Gasteiger partial charge in [0.2, 0.25) is 5.91 Å². The molecule has 0 radical (unpaired) electrons. The predicted octanol–water partition coefficient (Wildman–Crippen LogP) is 3.63. The molecule has 5 nitrogen and oxygen atoms in total. The van der Waals surface area contributed by atoms with Gasteiger partial charge in [0.05, 0.1) is 11.7 Å². The van der Waals surface area contributed by atoms with E-state index in [1.54, 1.807) is 0 Å². The number of benzene rings is 1. The second-order valence-electron chi connectivity index (χ2n) is 5.33. The van der Waals surface area contributed by atoms with E-state index >= 15 is 0 Å².